The SMILES string of the molecule is Nc1cc(Cl)c(Nc2cc(F)c(Br)cc2F)c(C(=O)O)c1. The fourth-order valence-electron chi connectivity index (χ4n) is 1.68. The van der Waals surface area contributed by atoms with Gasteiger partial charge in [-0.2, -0.15) is 0 Å². The van der Waals surface area contributed by atoms with E-state index in [1.54, 1.807) is 0 Å². The summed E-state index contributed by atoms with van der Waals surface area (Å²) in [5.41, 5.74) is 5.10. The van der Waals surface area contributed by atoms with Crippen LogP contribution in [-0.2, 0) is 0 Å². The second-order valence-corrected chi connectivity index (χ2v) is 5.36. The molecule has 4 nitrogen and oxygen atoms in total. The van der Waals surface area contributed by atoms with Crippen molar-refractivity contribution < 1.29 is 18.7 Å². The summed E-state index contributed by atoms with van der Waals surface area (Å²) < 4.78 is 27.2. The predicted octanol–water partition coefficient (Wildman–Crippen LogP) is 4.40. The average Bonchev–Trinajstić information content (AvgIpc) is 2.38. The van der Waals surface area contributed by atoms with E-state index >= 15 is 0 Å². The lowest BCUT2D eigenvalue weighted by Crippen LogP contribution is -2.06. The minimum absolute atomic E-state index is 0.0184. The molecule has 110 valence electrons. The molecule has 0 heterocycles. The van der Waals surface area contributed by atoms with E-state index in [-0.39, 0.29) is 32.1 Å². The van der Waals surface area contributed by atoms with Crippen molar-refractivity contribution in [2.75, 3.05) is 11.1 Å². The summed E-state index contributed by atoms with van der Waals surface area (Å²) in [5.74, 6) is -2.78. The highest BCUT2D eigenvalue weighted by Crippen LogP contribution is 2.34. The summed E-state index contributed by atoms with van der Waals surface area (Å²) in [6.45, 7) is 0. The normalized spacial score (nSPS) is 10.5. The summed E-state index contributed by atoms with van der Waals surface area (Å²) in [5, 5.41) is 11.6. The molecule has 4 N–H and O–H groups in total. The van der Waals surface area contributed by atoms with Gasteiger partial charge in [-0.05, 0) is 34.1 Å². The van der Waals surface area contributed by atoms with Gasteiger partial charge in [0.1, 0.15) is 11.6 Å². The molecule has 0 saturated heterocycles. The van der Waals surface area contributed by atoms with Crippen molar-refractivity contribution >= 4 is 50.6 Å². The second kappa shape index (κ2) is 5.87. The zero-order chi connectivity index (χ0) is 15.7. The second-order valence-electron chi connectivity index (χ2n) is 4.10. The third-order valence-corrected chi connectivity index (χ3v) is 3.52. The first-order chi connectivity index (χ1) is 9.79. The van der Waals surface area contributed by atoms with Gasteiger partial charge in [-0.1, -0.05) is 11.6 Å². The van der Waals surface area contributed by atoms with Crippen molar-refractivity contribution in [3.05, 3.63) is 51.0 Å². The maximum atomic E-state index is 13.8. The lowest BCUT2D eigenvalue weighted by Gasteiger charge is -2.13. The van der Waals surface area contributed by atoms with Crippen molar-refractivity contribution in [3.8, 4) is 0 Å². The molecular weight excluding hydrogens is 370 g/mol. The number of carboxylic acids is 1. The Kier molecular flexibility index (Phi) is 4.34. The first kappa shape index (κ1) is 15.5. The van der Waals surface area contributed by atoms with Gasteiger partial charge < -0.3 is 16.2 Å². The van der Waals surface area contributed by atoms with Crippen LogP contribution in [0.25, 0.3) is 0 Å². The van der Waals surface area contributed by atoms with Crippen molar-refractivity contribution in [1.29, 1.82) is 0 Å². The van der Waals surface area contributed by atoms with Crippen LogP contribution in [0.2, 0.25) is 5.02 Å². The van der Waals surface area contributed by atoms with Gasteiger partial charge in [-0.3, -0.25) is 0 Å². The molecule has 0 unspecified atom stereocenters. The van der Waals surface area contributed by atoms with E-state index in [9.17, 15) is 13.6 Å². The van der Waals surface area contributed by atoms with E-state index in [2.05, 4.69) is 21.2 Å². The molecular formula is C13H8BrClF2N2O2. The van der Waals surface area contributed by atoms with E-state index < -0.39 is 17.6 Å². The van der Waals surface area contributed by atoms with Crippen molar-refractivity contribution in [1.82, 2.24) is 0 Å². The Morgan fingerprint density at radius 2 is 1.90 bits per heavy atom. The largest absolute Gasteiger partial charge is 0.478 e. The maximum Gasteiger partial charge on any atom is 0.337 e. The number of benzene rings is 2. The Hall–Kier alpha value is -1.86. The number of carboxylic acid groups (broad SMARTS) is 1. The number of nitrogens with one attached hydrogen (secondary N) is 1. The van der Waals surface area contributed by atoms with Gasteiger partial charge in [-0.15, -0.1) is 0 Å². The van der Waals surface area contributed by atoms with Crippen LogP contribution in [0, 0.1) is 11.6 Å². The molecule has 8 heteroatoms. The number of anilines is 3. The third kappa shape index (κ3) is 3.25. The predicted molar refractivity (Wildman–Crippen MR) is 80.2 cm³/mol. The summed E-state index contributed by atoms with van der Waals surface area (Å²) in [7, 11) is 0. The van der Waals surface area contributed by atoms with Crippen molar-refractivity contribution in [2.45, 2.75) is 0 Å². The number of carbonyl (C=O) groups is 1. The highest BCUT2D eigenvalue weighted by atomic mass is 79.9. The number of hydrogen-bond donors (Lipinski definition) is 3. The summed E-state index contributed by atoms with van der Waals surface area (Å²) in [6, 6.07) is 4.29. The van der Waals surface area contributed by atoms with Crippen LogP contribution in [0.3, 0.4) is 0 Å². The number of rotatable bonds is 3. The molecule has 0 saturated carbocycles. The van der Waals surface area contributed by atoms with Gasteiger partial charge >= 0.3 is 5.97 Å². The average molecular weight is 378 g/mol. The van der Waals surface area contributed by atoms with E-state index in [1.807, 2.05) is 0 Å². The Balaban J connectivity index is 2.54. The first-order valence-electron chi connectivity index (χ1n) is 5.53. The minimum Gasteiger partial charge on any atom is -0.478 e. The van der Waals surface area contributed by atoms with Crippen LogP contribution in [-0.4, -0.2) is 11.1 Å². The topological polar surface area (TPSA) is 75.3 Å². The Morgan fingerprint density at radius 3 is 2.52 bits per heavy atom. The molecule has 0 bridgehead atoms. The molecule has 0 atom stereocenters. The number of nitrogens with two attached hydrogens (primary N) is 1. The molecule has 0 aromatic heterocycles. The Labute approximate surface area is 131 Å². The lowest BCUT2D eigenvalue weighted by atomic mass is 10.1. The van der Waals surface area contributed by atoms with Gasteiger partial charge in [0.25, 0.3) is 0 Å². The Bertz CT molecular complexity index is 741. The highest BCUT2D eigenvalue weighted by molar-refractivity contribution is 9.10. The van der Waals surface area contributed by atoms with Gasteiger partial charge in [0.15, 0.2) is 0 Å². The highest BCUT2D eigenvalue weighted by Gasteiger charge is 2.17. The zero-order valence-corrected chi connectivity index (χ0v) is 12.6. The third-order valence-electron chi connectivity index (χ3n) is 2.61. The number of aromatic carboxylic acids is 1. The molecule has 2 aromatic rings. The molecule has 21 heavy (non-hydrogen) atoms. The number of halogens is 4. The van der Waals surface area contributed by atoms with E-state index in [1.165, 1.54) is 12.1 Å². The monoisotopic (exact) mass is 376 g/mol. The molecule has 0 amide bonds. The zero-order valence-electron chi connectivity index (χ0n) is 10.3. The summed E-state index contributed by atoms with van der Waals surface area (Å²) >= 11 is 8.77. The van der Waals surface area contributed by atoms with Gasteiger partial charge in [0, 0.05) is 11.8 Å². The van der Waals surface area contributed by atoms with Crippen LogP contribution in [0.15, 0.2) is 28.7 Å². The number of hydrogen-bond acceptors (Lipinski definition) is 3. The molecule has 0 radical (unpaired) electrons. The quantitative estimate of drug-likeness (QED) is 0.547. The Morgan fingerprint density at radius 1 is 1.24 bits per heavy atom. The van der Waals surface area contributed by atoms with Gasteiger partial charge in [-0.25, -0.2) is 13.6 Å². The molecule has 0 aliphatic rings. The maximum absolute atomic E-state index is 13.8. The fraction of sp³-hybridized carbons (Fsp3) is 0. The fourth-order valence-corrected chi connectivity index (χ4v) is 2.27. The molecule has 2 rings (SSSR count). The van der Waals surface area contributed by atoms with E-state index in [0.717, 1.165) is 12.1 Å². The summed E-state index contributed by atoms with van der Waals surface area (Å²) in [4.78, 5) is 11.2. The van der Waals surface area contributed by atoms with E-state index in [4.69, 9.17) is 22.4 Å². The molecule has 0 aliphatic heterocycles. The van der Waals surface area contributed by atoms with Gasteiger partial charge in [0.2, 0.25) is 0 Å². The number of nitrogen functional groups attached to an aromatic ring is 1. The first-order valence-corrected chi connectivity index (χ1v) is 6.70. The standard InChI is InChI=1S/C13H8BrClF2N2O2/c14-7-3-10(17)11(4-9(7)16)19-12-6(13(20)21)1-5(18)2-8(12)15/h1-4,19H,18H2,(H,20,21). The van der Waals surface area contributed by atoms with Crippen molar-refractivity contribution in [2.24, 2.45) is 0 Å². The van der Waals surface area contributed by atoms with Crippen LogP contribution < -0.4 is 11.1 Å². The van der Waals surface area contributed by atoms with Gasteiger partial charge in [0.05, 0.1) is 26.4 Å². The summed E-state index contributed by atoms with van der Waals surface area (Å²) in [6.07, 6.45) is 0. The molecule has 0 fully saturated rings. The minimum atomic E-state index is -1.30. The van der Waals surface area contributed by atoms with Crippen LogP contribution in [0.5, 0.6) is 0 Å². The van der Waals surface area contributed by atoms with Crippen LogP contribution in [0.4, 0.5) is 25.8 Å². The lowest BCUT2D eigenvalue weighted by molar-refractivity contribution is 0.0698. The molecule has 0 aliphatic carbocycles. The molecule has 2 aromatic carbocycles. The van der Waals surface area contributed by atoms with Crippen LogP contribution in [0.1, 0.15) is 10.4 Å². The van der Waals surface area contributed by atoms with Crippen molar-refractivity contribution in [3.63, 3.8) is 0 Å². The van der Waals surface area contributed by atoms with E-state index in [0.29, 0.717) is 0 Å². The van der Waals surface area contributed by atoms with Crippen LogP contribution >= 0.6 is 27.5 Å². The molecule has 0 spiro atoms. The smallest absolute Gasteiger partial charge is 0.337 e.